The van der Waals surface area contributed by atoms with Crippen molar-refractivity contribution in [3.8, 4) is 11.5 Å². The van der Waals surface area contributed by atoms with Gasteiger partial charge in [0.15, 0.2) is 11.6 Å². The molecule has 20 heavy (non-hydrogen) atoms. The molecule has 0 aliphatic rings. The Labute approximate surface area is 117 Å². The van der Waals surface area contributed by atoms with E-state index in [1.54, 1.807) is 12.1 Å². The molecule has 0 aliphatic carbocycles. The van der Waals surface area contributed by atoms with Gasteiger partial charge in [0.25, 0.3) is 0 Å². The third kappa shape index (κ3) is 2.90. The van der Waals surface area contributed by atoms with Gasteiger partial charge in [0.05, 0.1) is 0 Å². The van der Waals surface area contributed by atoms with Crippen LogP contribution < -0.4 is 10.5 Å². The van der Waals surface area contributed by atoms with Gasteiger partial charge in [0.1, 0.15) is 17.3 Å². The number of halogens is 2. The molecule has 0 spiro atoms. The second-order valence-corrected chi connectivity index (χ2v) is 5.65. The Kier molecular flexibility index (Phi) is 3.66. The number of nitrogen functional groups attached to an aromatic ring is 1. The molecule has 0 aromatic heterocycles. The van der Waals surface area contributed by atoms with Crippen LogP contribution in [0.2, 0.25) is 0 Å². The zero-order chi connectivity index (χ0) is 14.9. The van der Waals surface area contributed by atoms with Crippen molar-refractivity contribution < 1.29 is 13.5 Å². The smallest absolute Gasteiger partial charge is 0.156 e. The topological polar surface area (TPSA) is 35.2 Å². The van der Waals surface area contributed by atoms with Crippen molar-refractivity contribution >= 4 is 5.69 Å². The third-order valence-corrected chi connectivity index (χ3v) is 2.97. The quantitative estimate of drug-likeness (QED) is 0.812. The molecule has 2 N–H and O–H groups in total. The summed E-state index contributed by atoms with van der Waals surface area (Å²) >= 11 is 0. The Morgan fingerprint density at radius 1 is 1.00 bits per heavy atom. The molecule has 2 rings (SSSR count). The minimum Gasteiger partial charge on any atom is -0.455 e. The molecule has 0 amide bonds. The van der Waals surface area contributed by atoms with Crippen LogP contribution in [0.3, 0.4) is 0 Å². The average molecular weight is 277 g/mol. The van der Waals surface area contributed by atoms with Crippen LogP contribution in [0.4, 0.5) is 14.5 Å². The highest BCUT2D eigenvalue weighted by molar-refractivity contribution is 5.56. The van der Waals surface area contributed by atoms with Crippen LogP contribution in [-0.2, 0) is 5.41 Å². The molecular weight excluding hydrogens is 260 g/mol. The number of benzene rings is 2. The summed E-state index contributed by atoms with van der Waals surface area (Å²) < 4.78 is 32.3. The van der Waals surface area contributed by atoms with Gasteiger partial charge in [-0.15, -0.1) is 0 Å². The predicted molar refractivity (Wildman–Crippen MR) is 76.0 cm³/mol. The molecule has 2 nitrogen and oxygen atoms in total. The van der Waals surface area contributed by atoms with Crippen molar-refractivity contribution in [2.45, 2.75) is 26.2 Å². The van der Waals surface area contributed by atoms with E-state index in [9.17, 15) is 8.78 Å². The first kappa shape index (κ1) is 14.3. The summed E-state index contributed by atoms with van der Waals surface area (Å²) in [7, 11) is 0. The lowest BCUT2D eigenvalue weighted by atomic mass is 9.86. The zero-order valence-corrected chi connectivity index (χ0v) is 11.7. The minimum atomic E-state index is -0.826. The van der Waals surface area contributed by atoms with Crippen molar-refractivity contribution in [1.29, 1.82) is 0 Å². The molecule has 0 radical (unpaired) electrons. The Hall–Kier alpha value is -2.10. The van der Waals surface area contributed by atoms with Crippen LogP contribution in [0.1, 0.15) is 26.3 Å². The summed E-state index contributed by atoms with van der Waals surface area (Å²) in [6.07, 6.45) is 0. The largest absolute Gasteiger partial charge is 0.455 e. The first-order valence-corrected chi connectivity index (χ1v) is 6.31. The van der Waals surface area contributed by atoms with E-state index < -0.39 is 11.6 Å². The molecule has 4 heteroatoms. The fourth-order valence-electron chi connectivity index (χ4n) is 1.94. The van der Waals surface area contributed by atoms with E-state index in [1.807, 2.05) is 32.9 Å². The van der Waals surface area contributed by atoms with Crippen LogP contribution >= 0.6 is 0 Å². The molecule has 0 bridgehead atoms. The van der Waals surface area contributed by atoms with E-state index in [-0.39, 0.29) is 16.9 Å². The van der Waals surface area contributed by atoms with E-state index in [0.717, 1.165) is 17.7 Å². The highest BCUT2D eigenvalue weighted by Gasteiger charge is 2.20. The molecule has 0 saturated carbocycles. The standard InChI is InChI=1S/C16H17F2NO/c1-16(2,3)11-6-4-5-7-13(11)20-14-9-10(17)8-12(18)15(14)19/h4-9H,19H2,1-3H3. The van der Waals surface area contributed by atoms with Crippen LogP contribution in [-0.4, -0.2) is 0 Å². The summed E-state index contributed by atoms with van der Waals surface area (Å²) in [5.41, 5.74) is 6.17. The fraction of sp³-hybridized carbons (Fsp3) is 0.250. The van der Waals surface area contributed by atoms with E-state index in [1.165, 1.54) is 0 Å². The summed E-state index contributed by atoms with van der Waals surface area (Å²) in [5.74, 6) is -1.02. The Morgan fingerprint density at radius 3 is 2.30 bits per heavy atom. The van der Waals surface area contributed by atoms with Crippen LogP contribution in [0, 0.1) is 11.6 Å². The highest BCUT2D eigenvalue weighted by atomic mass is 19.1. The van der Waals surface area contributed by atoms with Crippen LogP contribution in [0.25, 0.3) is 0 Å². The van der Waals surface area contributed by atoms with Crippen LogP contribution in [0.15, 0.2) is 36.4 Å². The fourth-order valence-corrected chi connectivity index (χ4v) is 1.94. The molecule has 0 fully saturated rings. The first-order valence-electron chi connectivity index (χ1n) is 6.31. The summed E-state index contributed by atoms with van der Waals surface area (Å²) in [6.45, 7) is 6.10. The van der Waals surface area contributed by atoms with E-state index in [0.29, 0.717) is 5.75 Å². The van der Waals surface area contributed by atoms with Gasteiger partial charge in [-0.25, -0.2) is 8.78 Å². The maximum absolute atomic E-state index is 13.4. The van der Waals surface area contributed by atoms with Gasteiger partial charge in [-0.05, 0) is 11.5 Å². The van der Waals surface area contributed by atoms with Gasteiger partial charge in [-0.3, -0.25) is 0 Å². The first-order chi connectivity index (χ1) is 9.29. The molecular formula is C16H17F2NO. The van der Waals surface area contributed by atoms with Crippen molar-refractivity contribution in [3.63, 3.8) is 0 Å². The number of hydrogen-bond donors (Lipinski definition) is 1. The van der Waals surface area contributed by atoms with E-state index in [4.69, 9.17) is 10.5 Å². The molecule has 2 aromatic carbocycles. The second kappa shape index (κ2) is 5.12. The number of anilines is 1. The van der Waals surface area contributed by atoms with E-state index >= 15 is 0 Å². The van der Waals surface area contributed by atoms with Gasteiger partial charge < -0.3 is 10.5 Å². The molecule has 0 atom stereocenters. The number of rotatable bonds is 2. The lowest BCUT2D eigenvalue weighted by Crippen LogP contribution is -2.12. The summed E-state index contributed by atoms with van der Waals surface area (Å²) in [5, 5.41) is 0. The van der Waals surface area contributed by atoms with E-state index in [2.05, 4.69) is 0 Å². The lowest BCUT2D eigenvalue weighted by Gasteiger charge is -2.22. The molecule has 106 valence electrons. The Bertz CT molecular complexity index is 633. The Balaban J connectivity index is 2.46. The van der Waals surface area contributed by atoms with Crippen molar-refractivity contribution in [1.82, 2.24) is 0 Å². The molecule has 0 aliphatic heterocycles. The Morgan fingerprint density at radius 2 is 1.65 bits per heavy atom. The van der Waals surface area contributed by atoms with Crippen molar-refractivity contribution in [3.05, 3.63) is 53.6 Å². The van der Waals surface area contributed by atoms with Crippen molar-refractivity contribution in [2.75, 3.05) is 5.73 Å². The minimum absolute atomic E-state index is 0.0146. The van der Waals surface area contributed by atoms with Gasteiger partial charge in [-0.2, -0.15) is 0 Å². The average Bonchev–Trinajstić information content (AvgIpc) is 2.34. The van der Waals surface area contributed by atoms with Gasteiger partial charge in [0.2, 0.25) is 0 Å². The number of hydrogen-bond acceptors (Lipinski definition) is 2. The third-order valence-electron chi connectivity index (χ3n) is 2.97. The monoisotopic (exact) mass is 277 g/mol. The maximum Gasteiger partial charge on any atom is 0.156 e. The maximum atomic E-state index is 13.4. The predicted octanol–water partition coefficient (Wildman–Crippen LogP) is 4.64. The number of ether oxygens (including phenoxy) is 1. The van der Waals surface area contributed by atoms with Gasteiger partial charge in [-0.1, -0.05) is 39.0 Å². The second-order valence-electron chi connectivity index (χ2n) is 5.65. The lowest BCUT2D eigenvalue weighted by molar-refractivity contribution is 0.449. The normalized spacial score (nSPS) is 11.4. The summed E-state index contributed by atoms with van der Waals surface area (Å²) in [6, 6.07) is 9.18. The number of nitrogens with two attached hydrogens (primary N) is 1. The SMILES string of the molecule is CC(C)(C)c1ccccc1Oc1cc(F)cc(F)c1N. The van der Waals surface area contributed by atoms with Crippen LogP contribution in [0.5, 0.6) is 11.5 Å². The summed E-state index contributed by atoms with van der Waals surface area (Å²) in [4.78, 5) is 0. The van der Waals surface area contributed by atoms with Gasteiger partial charge >= 0.3 is 0 Å². The highest BCUT2D eigenvalue weighted by Crippen LogP contribution is 2.36. The van der Waals surface area contributed by atoms with Crippen molar-refractivity contribution in [2.24, 2.45) is 0 Å². The molecule has 0 unspecified atom stereocenters. The molecule has 2 aromatic rings. The number of para-hydroxylation sites is 1. The zero-order valence-electron chi connectivity index (χ0n) is 11.7. The molecule has 0 saturated heterocycles. The van der Waals surface area contributed by atoms with Gasteiger partial charge in [0, 0.05) is 17.7 Å². The molecule has 0 heterocycles.